The number of aliphatic hydroxyl groups is 1. The van der Waals surface area contributed by atoms with Gasteiger partial charge in [0.05, 0.1) is 4.90 Å². The topological polar surface area (TPSA) is 86.7 Å². The lowest BCUT2D eigenvalue weighted by atomic mass is 10.1. The number of halogens is 3. The Morgan fingerprint density at radius 1 is 1.18 bits per heavy atom. The monoisotopic (exact) mass is 340 g/mol. The van der Waals surface area contributed by atoms with Gasteiger partial charge in [0, 0.05) is 19.8 Å². The van der Waals surface area contributed by atoms with Crippen LogP contribution in [0.4, 0.5) is 18.9 Å². The van der Waals surface area contributed by atoms with Gasteiger partial charge in [-0.15, -0.1) is 0 Å². The minimum Gasteiger partial charge on any atom is -0.373 e. The van der Waals surface area contributed by atoms with E-state index in [2.05, 4.69) is 0 Å². The molecule has 0 aliphatic rings. The summed E-state index contributed by atoms with van der Waals surface area (Å²) < 4.78 is 62.1. The zero-order valence-electron chi connectivity index (χ0n) is 12.0. The average molecular weight is 340 g/mol. The Balaban J connectivity index is 2.97. The second-order valence-corrected chi connectivity index (χ2v) is 6.99. The average Bonchev–Trinajstić information content (AvgIpc) is 2.37. The molecule has 0 fully saturated rings. The highest BCUT2D eigenvalue weighted by Crippen LogP contribution is 2.31. The quantitative estimate of drug-likeness (QED) is 0.862. The maximum absolute atomic E-state index is 12.5. The van der Waals surface area contributed by atoms with Crippen molar-refractivity contribution in [1.29, 1.82) is 0 Å². The summed E-state index contributed by atoms with van der Waals surface area (Å²) in [6.45, 7) is 0.327. The molecule has 1 aromatic rings. The molecule has 0 saturated heterocycles. The molecular weight excluding hydrogens is 325 g/mol. The molecule has 10 heteroatoms. The van der Waals surface area contributed by atoms with Gasteiger partial charge in [-0.25, -0.2) is 12.7 Å². The number of benzene rings is 1. The third-order valence-electron chi connectivity index (χ3n) is 2.88. The smallest absolute Gasteiger partial charge is 0.373 e. The van der Waals surface area contributed by atoms with Crippen LogP contribution in [0.25, 0.3) is 0 Å². The molecule has 1 aromatic carbocycles. The summed E-state index contributed by atoms with van der Waals surface area (Å²) in [5.41, 5.74) is -3.63. The van der Waals surface area contributed by atoms with Gasteiger partial charge in [-0.3, -0.25) is 4.79 Å². The van der Waals surface area contributed by atoms with Crippen LogP contribution in [0.15, 0.2) is 29.2 Å². The van der Waals surface area contributed by atoms with Crippen molar-refractivity contribution < 1.29 is 31.5 Å². The van der Waals surface area contributed by atoms with Gasteiger partial charge in [-0.2, -0.15) is 13.2 Å². The molecule has 0 aliphatic carbocycles. The van der Waals surface area contributed by atoms with Crippen molar-refractivity contribution in [2.75, 3.05) is 19.4 Å². The first-order valence-corrected chi connectivity index (χ1v) is 7.37. The fourth-order valence-corrected chi connectivity index (χ4v) is 2.20. The van der Waals surface area contributed by atoms with Crippen LogP contribution in [0.5, 0.6) is 0 Å². The molecule has 0 radical (unpaired) electrons. The molecule has 2 N–H and O–H groups in total. The molecule has 0 heterocycles. The predicted molar refractivity (Wildman–Crippen MR) is 72.6 cm³/mol. The number of nitrogens with one attached hydrogen (secondary N) is 1. The largest absolute Gasteiger partial charge is 0.426 e. The summed E-state index contributed by atoms with van der Waals surface area (Å²) >= 11 is 0. The molecule has 0 spiro atoms. The SMILES string of the molecule is CN(C)S(=O)(=O)c1ccc(NC(=O)C(C)(O)C(F)(F)F)cc1. The minimum atomic E-state index is -5.13. The molecule has 0 saturated carbocycles. The second-order valence-electron chi connectivity index (χ2n) is 4.84. The van der Waals surface area contributed by atoms with Crippen LogP contribution >= 0.6 is 0 Å². The highest BCUT2D eigenvalue weighted by atomic mass is 32.2. The van der Waals surface area contributed by atoms with E-state index in [1.165, 1.54) is 14.1 Å². The van der Waals surface area contributed by atoms with Gasteiger partial charge in [0.15, 0.2) is 0 Å². The Hall–Kier alpha value is -1.65. The fourth-order valence-electron chi connectivity index (χ4n) is 1.30. The molecule has 124 valence electrons. The molecule has 0 aliphatic heterocycles. The van der Waals surface area contributed by atoms with E-state index >= 15 is 0 Å². The molecule has 6 nitrogen and oxygen atoms in total. The number of amides is 1. The van der Waals surface area contributed by atoms with Crippen molar-refractivity contribution in [3.8, 4) is 0 Å². The Morgan fingerprint density at radius 2 is 1.64 bits per heavy atom. The third kappa shape index (κ3) is 3.57. The van der Waals surface area contributed by atoms with E-state index in [4.69, 9.17) is 0 Å². The van der Waals surface area contributed by atoms with E-state index in [1.807, 2.05) is 5.32 Å². The van der Waals surface area contributed by atoms with Crippen molar-refractivity contribution in [3.63, 3.8) is 0 Å². The lowest BCUT2D eigenvalue weighted by molar-refractivity contribution is -0.242. The highest BCUT2D eigenvalue weighted by molar-refractivity contribution is 7.89. The number of carbonyl (C=O) groups excluding carboxylic acids is 1. The van der Waals surface area contributed by atoms with Gasteiger partial charge in [0.1, 0.15) is 0 Å². The van der Waals surface area contributed by atoms with Crippen molar-refractivity contribution >= 4 is 21.6 Å². The molecule has 0 aromatic heterocycles. The lowest BCUT2D eigenvalue weighted by Gasteiger charge is -2.24. The van der Waals surface area contributed by atoms with Crippen LogP contribution in [0.1, 0.15) is 6.92 Å². The number of sulfonamides is 1. The maximum atomic E-state index is 12.5. The van der Waals surface area contributed by atoms with Gasteiger partial charge in [-0.05, 0) is 31.2 Å². The van der Waals surface area contributed by atoms with Crippen molar-refractivity contribution in [2.45, 2.75) is 23.6 Å². The van der Waals surface area contributed by atoms with Gasteiger partial charge in [-0.1, -0.05) is 0 Å². The van der Waals surface area contributed by atoms with Crippen LogP contribution in [0.2, 0.25) is 0 Å². The number of hydrogen-bond acceptors (Lipinski definition) is 4. The van der Waals surface area contributed by atoms with Gasteiger partial charge in [0.2, 0.25) is 15.6 Å². The Labute approximate surface area is 125 Å². The number of anilines is 1. The van der Waals surface area contributed by atoms with E-state index in [-0.39, 0.29) is 10.6 Å². The Morgan fingerprint density at radius 3 is 2.00 bits per heavy atom. The summed E-state index contributed by atoms with van der Waals surface area (Å²) in [7, 11) is -1.03. The van der Waals surface area contributed by atoms with Crippen molar-refractivity contribution in [3.05, 3.63) is 24.3 Å². The summed E-state index contributed by atoms with van der Waals surface area (Å²) in [4.78, 5) is 11.4. The number of hydrogen-bond donors (Lipinski definition) is 2. The van der Waals surface area contributed by atoms with Crippen LogP contribution in [0.3, 0.4) is 0 Å². The zero-order valence-corrected chi connectivity index (χ0v) is 12.8. The molecule has 1 unspecified atom stereocenters. The van der Waals surface area contributed by atoms with Crippen LogP contribution in [-0.2, 0) is 14.8 Å². The number of alkyl halides is 3. The zero-order chi connectivity index (χ0) is 17.3. The molecule has 1 atom stereocenters. The summed E-state index contributed by atoms with van der Waals surface area (Å²) in [5, 5.41) is 11.1. The molecular formula is C12H15F3N2O4S. The summed E-state index contributed by atoms with van der Waals surface area (Å²) in [5.74, 6) is -1.66. The Bertz CT molecular complexity index is 652. The van der Waals surface area contributed by atoms with Gasteiger partial charge in [0.25, 0.3) is 5.91 Å². The van der Waals surface area contributed by atoms with Crippen molar-refractivity contribution in [1.82, 2.24) is 4.31 Å². The molecule has 22 heavy (non-hydrogen) atoms. The number of rotatable bonds is 4. The van der Waals surface area contributed by atoms with E-state index < -0.39 is 27.7 Å². The van der Waals surface area contributed by atoms with Crippen LogP contribution in [0, 0.1) is 0 Å². The highest BCUT2D eigenvalue weighted by Gasteiger charge is 2.55. The van der Waals surface area contributed by atoms with E-state index in [0.29, 0.717) is 6.92 Å². The lowest BCUT2D eigenvalue weighted by Crippen LogP contribution is -2.52. The van der Waals surface area contributed by atoms with E-state index in [1.54, 1.807) is 0 Å². The Kier molecular flexibility index (Phi) is 4.90. The molecule has 1 rings (SSSR count). The van der Waals surface area contributed by atoms with E-state index in [0.717, 1.165) is 28.6 Å². The van der Waals surface area contributed by atoms with Crippen LogP contribution < -0.4 is 5.32 Å². The van der Waals surface area contributed by atoms with Crippen molar-refractivity contribution in [2.24, 2.45) is 0 Å². The van der Waals surface area contributed by atoms with Gasteiger partial charge >= 0.3 is 6.18 Å². The van der Waals surface area contributed by atoms with E-state index in [9.17, 15) is 31.5 Å². The third-order valence-corrected chi connectivity index (χ3v) is 4.71. The minimum absolute atomic E-state index is 0.0766. The van der Waals surface area contributed by atoms with Crippen LogP contribution in [-0.4, -0.2) is 49.6 Å². The number of carbonyl (C=O) groups is 1. The number of nitrogens with zero attached hydrogens (tertiary/aromatic N) is 1. The standard InChI is InChI=1S/C12H15F3N2O4S/c1-11(19,12(13,14)15)10(18)16-8-4-6-9(7-5-8)22(20,21)17(2)3/h4-7,19H,1-3H3,(H,16,18). The second kappa shape index (κ2) is 5.86. The molecule has 1 amide bonds. The summed E-state index contributed by atoms with van der Waals surface area (Å²) in [6.07, 6.45) is -5.13. The molecule has 0 bridgehead atoms. The first kappa shape index (κ1) is 18.4. The summed E-state index contributed by atoms with van der Waals surface area (Å²) in [6, 6.07) is 4.52. The normalized spacial score (nSPS) is 15.5. The van der Waals surface area contributed by atoms with Gasteiger partial charge < -0.3 is 10.4 Å². The maximum Gasteiger partial charge on any atom is 0.426 e. The predicted octanol–water partition coefficient (Wildman–Crippen LogP) is 1.19. The first-order valence-electron chi connectivity index (χ1n) is 5.93. The fraction of sp³-hybridized carbons (Fsp3) is 0.417. The first-order chi connectivity index (χ1) is 9.80.